The number of nitrogens with one attached hydrogen (secondary N) is 1. The molecular formula is C14H13F2NO4S. The molecule has 0 unspecified atom stereocenters. The first kappa shape index (κ1) is 16.3. The molecule has 1 N–H and O–H groups in total. The number of benzene rings is 1. The van der Waals surface area contributed by atoms with Crippen LogP contribution in [0, 0.1) is 11.6 Å². The lowest BCUT2D eigenvalue weighted by Gasteiger charge is -2.30. The molecule has 1 aliphatic rings. The topological polar surface area (TPSA) is 64.6 Å². The van der Waals surface area contributed by atoms with Crippen molar-refractivity contribution in [3.63, 3.8) is 0 Å². The van der Waals surface area contributed by atoms with Gasteiger partial charge in [-0.05, 0) is 18.4 Å². The van der Waals surface area contributed by atoms with E-state index in [1.165, 1.54) is 26.2 Å². The Labute approximate surface area is 129 Å². The minimum Gasteiger partial charge on any atom is -0.419 e. The van der Waals surface area contributed by atoms with Crippen molar-refractivity contribution in [2.24, 2.45) is 0 Å². The number of carbonyl (C=O) groups is 2. The van der Waals surface area contributed by atoms with E-state index in [4.69, 9.17) is 9.47 Å². The van der Waals surface area contributed by atoms with Crippen molar-refractivity contribution >= 4 is 29.4 Å². The molecule has 0 atom stereocenters. The third-order valence-electron chi connectivity index (χ3n) is 2.72. The number of rotatable bonds is 3. The molecule has 0 bridgehead atoms. The Morgan fingerprint density at radius 3 is 2.09 bits per heavy atom. The van der Waals surface area contributed by atoms with E-state index < -0.39 is 40.6 Å². The van der Waals surface area contributed by atoms with Gasteiger partial charge in [0.05, 0.1) is 5.03 Å². The molecular weight excluding hydrogens is 316 g/mol. The summed E-state index contributed by atoms with van der Waals surface area (Å²) in [4.78, 5) is 23.9. The van der Waals surface area contributed by atoms with E-state index in [0.717, 1.165) is 23.9 Å². The molecule has 8 heteroatoms. The van der Waals surface area contributed by atoms with Crippen molar-refractivity contribution in [2.75, 3.05) is 11.6 Å². The molecule has 118 valence electrons. The van der Waals surface area contributed by atoms with Crippen LogP contribution < -0.4 is 5.32 Å². The number of hydrogen-bond acceptors (Lipinski definition) is 6. The molecule has 1 saturated heterocycles. The number of halogens is 2. The maximum Gasteiger partial charge on any atom is 0.351 e. The Hall–Kier alpha value is -2.09. The normalized spacial score (nSPS) is 16.9. The second-order valence-electron chi connectivity index (χ2n) is 4.81. The van der Waals surface area contributed by atoms with E-state index >= 15 is 0 Å². The molecule has 0 spiro atoms. The van der Waals surface area contributed by atoms with Crippen LogP contribution in [0.3, 0.4) is 0 Å². The number of anilines is 1. The smallest absolute Gasteiger partial charge is 0.351 e. The number of para-hydroxylation sites is 1. The highest BCUT2D eigenvalue weighted by Crippen LogP contribution is 2.30. The van der Waals surface area contributed by atoms with Gasteiger partial charge in [-0.25, -0.2) is 18.4 Å². The van der Waals surface area contributed by atoms with Crippen molar-refractivity contribution in [2.45, 2.75) is 19.6 Å². The quantitative estimate of drug-likeness (QED) is 0.523. The monoisotopic (exact) mass is 329 g/mol. The fourth-order valence-corrected chi connectivity index (χ4v) is 2.36. The standard InChI is InChI=1S/C14H13F2NO4S/c1-14(2)20-12(18)9(13(19)21-14)11(22-3)17-10-7(15)5-4-6-8(10)16/h4-6,17H,1-3H3. The second kappa shape index (κ2) is 5.96. The first-order valence-electron chi connectivity index (χ1n) is 6.21. The van der Waals surface area contributed by atoms with Crippen molar-refractivity contribution in [1.82, 2.24) is 0 Å². The van der Waals surface area contributed by atoms with Gasteiger partial charge in [0.25, 0.3) is 5.79 Å². The van der Waals surface area contributed by atoms with E-state index in [0.29, 0.717) is 0 Å². The van der Waals surface area contributed by atoms with Crippen molar-refractivity contribution in [3.05, 3.63) is 40.4 Å². The number of ether oxygens (including phenoxy) is 2. The van der Waals surface area contributed by atoms with E-state index in [2.05, 4.69) is 5.32 Å². The predicted octanol–water partition coefficient (Wildman–Crippen LogP) is 2.79. The van der Waals surface area contributed by atoms with Crippen LogP contribution in [0.1, 0.15) is 13.8 Å². The molecule has 0 saturated carbocycles. The summed E-state index contributed by atoms with van der Waals surface area (Å²) in [5, 5.41) is 2.35. The number of esters is 2. The number of hydrogen-bond donors (Lipinski definition) is 1. The van der Waals surface area contributed by atoms with E-state index in [1.807, 2.05) is 0 Å². The summed E-state index contributed by atoms with van der Waals surface area (Å²) in [7, 11) is 0. The third kappa shape index (κ3) is 3.22. The molecule has 1 aromatic rings. The van der Waals surface area contributed by atoms with Gasteiger partial charge >= 0.3 is 11.9 Å². The van der Waals surface area contributed by atoms with Crippen LogP contribution in [-0.2, 0) is 19.1 Å². The Morgan fingerprint density at radius 1 is 1.14 bits per heavy atom. The molecule has 0 aliphatic carbocycles. The SMILES string of the molecule is CSC(Nc1c(F)cccc1F)=C1C(=O)OC(C)(C)OC1=O. The van der Waals surface area contributed by atoms with Gasteiger partial charge in [0.1, 0.15) is 17.3 Å². The summed E-state index contributed by atoms with van der Waals surface area (Å²) in [6, 6.07) is 3.30. The van der Waals surface area contributed by atoms with Crippen LogP contribution in [0.15, 0.2) is 28.8 Å². The van der Waals surface area contributed by atoms with Crippen LogP contribution in [0.5, 0.6) is 0 Å². The average molecular weight is 329 g/mol. The fraction of sp³-hybridized carbons (Fsp3) is 0.286. The molecule has 2 rings (SSSR count). The molecule has 1 fully saturated rings. The summed E-state index contributed by atoms with van der Waals surface area (Å²) in [6.45, 7) is 2.81. The Balaban J connectivity index is 2.43. The fourth-order valence-electron chi connectivity index (χ4n) is 1.78. The highest BCUT2D eigenvalue weighted by molar-refractivity contribution is 8.02. The Morgan fingerprint density at radius 2 is 1.64 bits per heavy atom. The van der Waals surface area contributed by atoms with Crippen molar-refractivity contribution in [3.8, 4) is 0 Å². The van der Waals surface area contributed by atoms with Gasteiger partial charge in [0, 0.05) is 13.8 Å². The zero-order valence-electron chi connectivity index (χ0n) is 12.0. The summed E-state index contributed by atoms with van der Waals surface area (Å²) in [5.41, 5.74) is -0.903. The minimum absolute atomic E-state index is 0.0606. The zero-order valence-corrected chi connectivity index (χ0v) is 12.8. The molecule has 0 aromatic heterocycles. The van der Waals surface area contributed by atoms with Gasteiger partial charge in [-0.15, -0.1) is 11.8 Å². The summed E-state index contributed by atoms with van der Waals surface area (Å²) in [5.74, 6) is -4.94. The maximum absolute atomic E-state index is 13.7. The molecule has 1 aromatic carbocycles. The number of carbonyl (C=O) groups excluding carboxylic acids is 2. The molecule has 1 aliphatic heterocycles. The van der Waals surface area contributed by atoms with Crippen molar-refractivity contribution in [1.29, 1.82) is 0 Å². The summed E-state index contributed by atoms with van der Waals surface area (Å²) < 4.78 is 37.2. The van der Waals surface area contributed by atoms with Gasteiger partial charge in [0.15, 0.2) is 5.57 Å². The van der Waals surface area contributed by atoms with Crippen LogP contribution in [0.4, 0.5) is 14.5 Å². The maximum atomic E-state index is 13.7. The molecule has 1 heterocycles. The predicted molar refractivity (Wildman–Crippen MR) is 76.8 cm³/mol. The van der Waals surface area contributed by atoms with Gasteiger partial charge < -0.3 is 14.8 Å². The Bertz CT molecular complexity index is 631. The highest BCUT2D eigenvalue weighted by Gasteiger charge is 2.41. The van der Waals surface area contributed by atoms with E-state index in [1.54, 1.807) is 0 Å². The summed E-state index contributed by atoms with van der Waals surface area (Å²) in [6.07, 6.45) is 1.54. The molecule has 5 nitrogen and oxygen atoms in total. The minimum atomic E-state index is -1.38. The second-order valence-corrected chi connectivity index (χ2v) is 5.63. The van der Waals surface area contributed by atoms with E-state index in [9.17, 15) is 18.4 Å². The average Bonchev–Trinajstić information content (AvgIpc) is 2.38. The number of cyclic esters (lactones) is 2. The first-order valence-corrected chi connectivity index (χ1v) is 7.43. The third-order valence-corrected chi connectivity index (χ3v) is 3.43. The van der Waals surface area contributed by atoms with Crippen LogP contribution in [0.2, 0.25) is 0 Å². The summed E-state index contributed by atoms with van der Waals surface area (Å²) >= 11 is 0.930. The van der Waals surface area contributed by atoms with E-state index in [-0.39, 0.29) is 5.03 Å². The van der Waals surface area contributed by atoms with Gasteiger partial charge in [0.2, 0.25) is 0 Å². The lowest BCUT2D eigenvalue weighted by atomic mass is 10.2. The molecule has 0 amide bonds. The van der Waals surface area contributed by atoms with Crippen LogP contribution in [-0.4, -0.2) is 24.0 Å². The van der Waals surface area contributed by atoms with Crippen LogP contribution in [0.25, 0.3) is 0 Å². The zero-order chi connectivity index (χ0) is 16.5. The van der Waals surface area contributed by atoms with Gasteiger partial charge in [-0.3, -0.25) is 0 Å². The Kier molecular flexibility index (Phi) is 4.41. The lowest BCUT2D eigenvalue weighted by Crippen LogP contribution is -2.42. The largest absolute Gasteiger partial charge is 0.419 e. The lowest BCUT2D eigenvalue weighted by molar-refractivity contribution is -0.222. The molecule has 22 heavy (non-hydrogen) atoms. The van der Waals surface area contributed by atoms with Crippen LogP contribution >= 0.6 is 11.8 Å². The number of thioether (sulfide) groups is 1. The van der Waals surface area contributed by atoms with Gasteiger partial charge in [-0.1, -0.05) is 6.07 Å². The van der Waals surface area contributed by atoms with Crippen molar-refractivity contribution < 1.29 is 27.8 Å². The first-order chi connectivity index (χ1) is 10.2. The van der Waals surface area contributed by atoms with Gasteiger partial charge in [-0.2, -0.15) is 0 Å². The highest BCUT2D eigenvalue weighted by atomic mass is 32.2. The molecule has 0 radical (unpaired) electrons.